The van der Waals surface area contributed by atoms with Crippen molar-refractivity contribution in [1.82, 2.24) is 0 Å². The largest absolute Gasteiger partial charge is 0.389 e. The lowest BCUT2D eigenvalue weighted by molar-refractivity contribution is -0.104. The monoisotopic (exact) mass is 292 g/mol. The van der Waals surface area contributed by atoms with Gasteiger partial charge in [0, 0.05) is 0 Å². The number of aliphatic hydroxyl groups excluding tert-OH is 1. The van der Waals surface area contributed by atoms with Crippen LogP contribution in [0.1, 0.15) is 13.3 Å². The van der Waals surface area contributed by atoms with E-state index in [4.69, 9.17) is 0 Å². The van der Waals surface area contributed by atoms with Crippen LogP contribution in [0.5, 0.6) is 0 Å². The normalized spacial score (nSPS) is 15.5. The van der Waals surface area contributed by atoms with Crippen molar-refractivity contribution in [2.24, 2.45) is 0 Å². The summed E-state index contributed by atoms with van der Waals surface area (Å²) in [5, 5.41) is 9.39. The van der Waals surface area contributed by atoms with E-state index in [1.807, 2.05) is 17.1 Å². The molecule has 72 valence electrons. The van der Waals surface area contributed by atoms with E-state index in [1.54, 1.807) is 12.2 Å². The second-order valence-corrected chi connectivity index (χ2v) is 3.34. The molecule has 0 amide bonds. The third kappa shape index (κ3) is 7.93. The van der Waals surface area contributed by atoms with Crippen LogP contribution in [0.25, 0.3) is 0 Å². The van der Waals surface area contributed by atoms with Crippen molar-refractivity contribution in [3.63, 3.8) is 0 Å². The van der Waals surface area contributed by atoms with E-state index in [-0.39, 0.29) is 0 Å². The Labute approximate surface area is 92.2 Å². The van der Waals surface area contributed by atoms with Gasteiger partial charge in [0.1, 0.15) is 6.29 Å². The van der Waals surface area contributed by atoms with E-state index >= 15 is 0 Å². The van der Waals surface area contributed by atoms with Gasteiger partial charge >= 0.3 is 0 Å². The van der Waals surface area contributed by atoms with Crippen LogP contribution in [0.4, 0.5) is 0 Å². The highest BCUT2D eigenvalue weighted by molar-refractivity contribution is 14.1. The van der Waals surface area contributed by atoms with Gasteiger partial charge < -0.3 is 5.11 Å². The maximum Gasteiger partial charge on any atom is 0.142 e. The number of hydrogen-bond acceptors (Lipinski definition) is 2. The molecule has 2 nitrogen and oxygen atoms in total. The summed E-state index contributed by atoms with van der Waals surface area (Å²) in [4.78, 5) is 10.1. The summed E-state index contributed by atoms with van der Waals surface area (Å²) in [6, 6.07) is 0. The van der Waals surface area contributed by atoms with Crippen LogP contribution in [-0.4, -0.2) is 17.5 Å². The predicted octanol–water partition coefficient (Wildman–Crippen LogP) is 2.39. The molecule has 0 aliphatic carbocycles. The summed E-state index contributed by atoms with van der Waals surface area (Å²) in [6.45, 7) is 1.82. The van der Waals surface area contributed by atoms with Crippen LogP contribution >= 0.6 is 22.6 Å². The molecule has 0 bridgehead atoms. The number of rotatable bonds is 5. The summed E-state index contributed by atoms with van der Waals surface area (Å²) in [7, 11) is 0. The second kappa shape index (κ2) is 8.19. The van der Waals surface area contributed by atoms with Gasteiger partial charge in [-0.3, -0.25) is 4.79 Å². The number of allylic oxidation sites excluding steroid dienone is 3. The quantitative estimate of drug-likeness (QED) is 0.365. The fourth-order valence-electron chi connectivity index (χ4n) is 0.817. The van der Waals surface area contributed by atoms with E-state index in [0.29, 0.717) is 6.42 Å². The lowest BCUT2D eigenvalue weighted by atomic mass is 10.1. The van der Waals surface area contributed by atoms with Gasteiger partial charge in [-0.05, 0) is 23.5 Å². The van der Waals surface area contributed by atoms with E-state index in [2.05, 4.69) is 22.6 Å². The van der Waals surface area contributed by atoms with Gasteiger partial charge in [-0.1, -0.05) is 46.4 Å². The zero-order valence-electron chi connectivity index (χ0n) is 7.48. The highest BCUT2D eigenvalue weighted by Crippen LogP contribution is 2.04. The summed E-state index contributed by atoms with van der Waals surface area (Å²) in [5.74, 6) is 0. The molecule has 3 heteroatoms. The molecule has 0 rings (SSSR count). The molecule has 0 saturated carbocycles. The summed E-state index contributed by atoms with van der Waals surface area (Å²) in [6.07, 6.45) is 7.50. The number of aldehydes is 1. The molecule has 0 saturated heterocycles. The molecular formula is C10H13IO2. The second-order valence-electron chi connectivity index (χ2n) is 2.62. The predicted molar refractivity (Wildman–Crippen MR) is 62.7 cm³/mol. The number of carbonyl (C=O) groups is 1. The lowest BCUT2D eigenvalue weighted by Gasteiger charge is -2.03. The first-order chi connectivity index (χ1) is 6.20. The Morgan fingerprint density at radius 3 is 2.77 bits per heavy atom. The van der Waals surface area contributed by atoms with Gasteiger partial charge in [0.25, 0.3) is 0 Å². The Kier molecular flexibility index (Phi) is 7.93. The topological polar surface area (TPSA) is 37.3 Å². The summed E-state index contributed by atoms with van der Waals surface area (Å²) < 4.78 is 1.86. The van der Waals surface area contributed by atoms with Crippen LogP contribution < -0.4 is 0 Å². The Morgan fingerprint density at radius 1 is 1.54 bits per heavy atom. The fraction of sp³-hybridized carbons (Fsp3) is 0.300. The van der Waals surface area contributed by atoms with Gasteiger partial charge in [-0.25, -0.2) is 0 Å². The fourth-order valence-corrected chi connectivity index (χ4v) is 1.06. The summed E-state index contributed by atoms with van der Waals surface area (Å²) in [5.41, 5.74) is 0.880. The molecule has 0 heterocycles. The molecule has 1 unspecified atom stereocenters. The smallest absolute Gasteiger partial charge is 0.142 e. The molecular weight excluding hydrogens is 279 g/mol. The third-order valence-corrected chi connectivity index (χ3v) is 1.82. The minimum absolute atomic E-state index is 0.504. The van der Waals surface area contributed by atoms with Crippen molar-refractivity contribution in [3.05, 3.63) is 34.0 Å². The highest BCUT2D eigenvalue weighted by atomic mass is 127. The maximum atomic E-state index is 10.1. The van der Waals surface area contributed by atoms with E-state index < -0.39 is 6.10 Å². The van der Waals surface area contributed by atoms with Crippen LogP contribution in [0, 0.1) is 0 Å². The number of carbonyl (C=O) groups excluding carboxylic acids is 1. The van der Waals surface area contributed by atoms with Crippen LogP contribution in [0.3, 0.4) is 0 Å². The minimum Gasteiger partial charge on any atom is -0.389 e. The van der Waals surface area contributed by atoms with Crippen LogP contribution in [0.15, 0.2) is 34.0 Å². The lowest BCUT2D eigenvalue weighted by Crippen LogP contribution is -2.02. The highest BCUT2D eigenvalue weighted by Gasteiger charge is 1.98. The molecule has 0 aromatic carbocycles. The first-order valence-corrected chi connectivity index (χ1v) is 5.17. The first kappa shape index (κ1) is 12.6. The molecule has 0 aliphatic rings. The Morgan fingerprint density at radius 2 is 2.23 bits per heavy atom. The third-order valence-electron chi connectivity index (χ3n) is 1.40. The van der Waals surface area contributed by atoms with Gasteiger partial charge in [-0.2, -0.15) is 0 Å². The molecule has 0 aromatic rings. The Bertz CT molecular complexity index is 229. The Hall–Kier alpha value is -0.420. The van der Waals surface area contributed by atoms with Crippen molar-refractivity contribution in [1.29, 1.82) is 0 Å². The zero-order valence-corrected chi connectivity index (χ0v) is 9.64. The van der Waals surface area contributed by atoms with Crippen molar-refractivity contribution >= 4 is 28.9 Å². The average molecular weight is 292 g/mol. The Balaban J connectivity index is 3.93. The van der Waals surface area contributed by atoms with Gasteiger partial charge in [0.2, 0.25) is 0 Å². The van der Waals surface area contributed by atoms with Crippen molar-refractivity contribution in [2.45, 2.75) is 19.4 Å². The molecule has 13 heavy (non-hydrogen) atoms. The standard InChI is InChI=1S/C10H13IO2/c1-9(5-7-12)8-10(13)4-2-3-6-11/h2-7,10,13H,8H2,1H3/b4-2+,6-3+,9-5+. The van der Waals surface area contributed by atoms with Gasteiger partial charge in [0.15, 0.2) is 0 Å². The first-order valence-electron chi connectivity index (χ1n) is 3.93. The average Bonchev–Trinajstić information content (AvgIpc) is 2.05. The molecule has 0 spiro atoms. The SMILES string of the molecule is C/C(=C\C=O)CC(O)/C=C/C=C/I. The maximum absolute atomic E-state index is 10.1. The molecule has 0 aliphatic heterocycles. The summed E-state index contributed by atoms with van der Waals surface area (Å²) >= 11 is 2.10. The van der Waals surface area contributed by atoms with Crippen molar-refractivity contribution in [2.75, 3.05) is 0 Å². The molecule has 1 N–H and O–H groups in total. The van der Waals surface area contributed by atoms with Gasteiger partial charge in [-0.15, -0.1) is 0 Å². The number of aliphatic hydroxyl groups is 1. The molecule has 1 atom stereocenters. The molecule has 0 fully saturated rings. The van der Waals surface area contributed by atoms with E-state index in [1.165, 1.54) is 6.08 Å². The molecule has 0 aromatic heterocycles. The van der Waals surface area contributed by atoms with E-state index in [9.17, 15) is 9.90 Å². The van der Waals surface area contributed by atoms with E-state index in [0.717, 1.165) is 11.9 Å². The number of halogens is 1. The van der Waals surface area contributed by atoms with Crippen molar-refractivity contribution in [3.8, 4) is 0 Å². The number of hydrogen-bond donors (Lipinski definition) is 1. The molecule has 0 radical (unpaired) electrons. The van der Waals surface area contributed by atoms with Crippen molar-refractivity contribution < 1.29 is 9.90 Å². The van der Waals surface area contributed by atoms with Crippen LogP contribution in [0.2, 0.25) is 0 Å². The zero-order chi connectivity index (χ0) is 10.1. The van der Waals surface area contributed by atoms with Gasteiger partial charge in [0.05, 0.1) is 6.10 Å². The van der Waals surface area contributed by atoms with Crippen LogP contribution in [-0.2, 0) is 4.79 Å². The minimum atomic E-state index is -0.510.